The van der Waals surface area contributed by atoms with Crippen LogP contribution in [0.2, 0.25) is 0 Å². The van der Waals surface area contributed by atoms with Crippen LogP contribution in [0.3, 0.4) is 0 Å². The first-order chi connectivity index (χ1) is 7.74. The number of carbonyl (C=O) groups is 1. The SMILES string of the molecule is CCN1CCCC1.CCOCCC(=O)OC. The molecule has 0 unspecified atom stereocenters. The Morgan fingerprint density at radius 3 is 2.25 bits per heavy atom. The average molecular weight is 231 g/mol. The Morgan fingerprint density at radius 2 is 1.88 bits per heavy atom. The van der Waals surface area contributed by atoms with Gasteiger partial charge in [0.1, 0.15) is 0 Å². The lowest BCUT2D eigenvalue weighted by Gasteiger charge is -2.08. The zero-order valence-corrected chi connectivity index (χ0v) is 10.8. The molecule has 4 heteroatoms. The number of carbonyl (C=O) groups excluding carboxylic acids is 1. The van der Waals surface area contributed by atoms with Crippen molar-refractivity contribution < 1.29 is 14.3 Å². The van der Waals surface area contributed by atoms with Gasteiger partial charge in [-0.2, -0.15) is 0 Å². The van der Waals surface area contributed by atoms with Crippen LogP contribution in [0.25, 0.3) is 0 Å². The fraction of sp³-hybridized carbons (Fsp3) is 0.917. The van der Waals surface area contributed by atoms with Gasteiger partial charge in [-0.25, -0.2) is 0 Å². The monoisotopic (exact) mass is 231 g/mol. The minimum Gasteiger partial charge on any atom is -0.469 e. The van der Waals surface area contributed by atoms with Crippen LogP contribution in [0.5, 0.6) is 0 Å². The molecule has 96 valence electrons. The third-order valence-corrected chi connectivity index (χ3v) is 2.53. The van der Waals surface area contributed by atoms with Gasteiger partial charge in [0.15, 0.2) is 0 Å². The summed E-state index contributed by atoms with van der Waals surface area (Å²) in [7, 11) is 1.37. The van der Waals surface area contributed by atoms with Crippen LogP contribution < -0.4 is 0 Å². The van der Waals surface area contributed by atoms with E-state index in [4.69, 9.17) is 4.74 Å². The van der Waals surface area contributed by atoms with E-state index in [1.54, 1.807) is 0 Å². The van der Waals surface area contributed by atoms with Crippen molar-refractivity contribution in [3.8, 4) is 0 Å². The Labute approximate surface area is 98.9 Å². The quantitative estimate of drug-likeness (QED) is 0.533. The summed E-state index contributed by atoms with van der Waals surface area (Å²) in [6, 6.07) is 0. The van der Waals surface area contributed by atoms with Gasteiger partial charge in [0.05, 0.1) is 20.1 Å². The minimum atomic E-state index is -0.219. The van der Waals surface area contributed by atoms with E-state index in [2.05, 4.69) is 16.6 Å². The Balaban J connectivity index is 0.000000288. The van der Waals surface area contributed by atoms with E-state index >= 15 is 0 Å². The van der Waals surface area contributed by atoms with E-state index in [1.807, 2.05) is 6.92 Å². The number of ether oxygens (including phenoxy) is 2. The van der Waals surface area contributed by atoms with E-state index < -0.39 is 0 Å². The second-order valence-electron chi connectivity index (χ2n) is 3.66. The van der Waals surface area contributed by atoms with Gasteiger partial charge in [0.2, 0.25) is 0 Å². The van der Waals surface area contributed by atoms with Crippen molar-refractivity contribution in [2.45, 2.75) is 33.1 Å². The van der Waals surface area contributed by atoms with Gasteiger partial charge in [-0.1, -0.05) is 6.92 Å². The van der Waals surface area contributed by atoms with Crippen LogP contribution in [0.1, 0.15) is 33.1 Å². The third-order valence-electron chi connectivity index (χ3n) is 2.53. The largest absolute Gasteiger partial charge is 0.469 e. The molecule has 4 nitrogen and oxygen atoms in total. The Kier molecular flexibility index (Phi) is 10.5. The van der Waals surface area contributed by atoms with Crippen molar-refractivity contribution in [1.82, 2.24) is 4.90 Å². The summed E-state index contributed by atoms with van der Waals surface area (Å²) in [5, 5.41) is 0. The van der Waals surface area contributed by atoms with E-state index in [0.29, 0.717) is 19.6 Å². The number of likely N-dealkylation sites (tertiary alicyclic amines) is 1. The van der Waals surface area contributed by atoms with Crippen LogP contribution in [0.4, 0.5) is 0 Å². The summed E-state index contributed by atoms with van der Waals surface area (Å²) in [5.74, 6) is -0.219. The fourth-order valence-electron chi connectivity index (χ4n) is 1.50. The van der Waals surface area contributed by atoms with Crippen molar-refractivity contribution in [1.29, 1.82) is 0 Å². The molecule has 1 rings (SSSR count). The topological polar surface area (TPSA) is 38.8 Å². The number of nitrogens with zero attached hydrogens (tertiary/aromatic N) is 1. The second kappa shape index (κ2) is 10.9. The number of rotatable bonds is 5. The molecule has 0 amide bonds. The fourth-order valence-corrected chi connectivity index (χ4v) is 1.50. The summed E-state index contributed by atoms with van der Waals surface area (Å²) in [6.07, 6.45) is 3.20. The first-order valence-electron chi connectivity index (χ1n) is 6.11. The molecule has 0 bridgehead atoms. The second-order valence-corrected chi connectivity index (χ2v) is 3.66. The number of hydrogen-bond acceptors (Lipinski definition) is 4. The molecule has 1 aliphatic heterocycles. The van der Waals surface area contributed by atoms with Crippen LogP contribution >= 0.6 is 0 Å². The Hall–Kier alpha value is -0.610. The molecular formula is C12H25NO3. The molecule has 0 saturated carbocycles. The molecule has 0 aromatic heterocycles. The molecule has 0 aliphatic carbocycles. The summed E-state index contributed by atoms with van der Waals surface area (Å²) in [6.45, 7) is 9.16. The van der Waals surface area contributed by atoms with Gasteiger partial charge in [0, 0.05) is 6.61 Å². The molecule has 16 heavy (non-hydrogen) atoms. The average Bonchev–Trinajstić information content (AvgIpc) is 2.83. The van der Waals surface area contributed by atoms with E-state index in [0.717, 1.165) is 0 Å². The molecular weight excluding hydrogens is 206 g/mol. The summed E-state index contributed by atoms with van der Waals surface area (Å²) in [4.78, 5) is 12.9. The lowest BCUT2D eigenvalue weighted by atomic mass is 10.4. The molecule has 1 heterocycles. The highest BCUT2D eigenvalue weighted by Gasteiger charge is 2.06. The first kappa shape index (κ1) is 15.4. The Morgan fingerprint density at radius 1 is 1.25 bits per heavy atom. The molecule has 1 saturated heterocycles. The van der Waals surface area contributed by atoms with Crippen molar-refractivity contribution in [2.75, 3.05) is 40.0 Å². The number of hydrogen-bond donors (Lipinski definition) is 0. The van der Waals surface area contributed by atoms with Gasteiger partial charge >= 0.3 is 5.97 Å². The zero-order chi connectivity index (χ0) is 12.2. The maximum atomic E-state index is 10.4. The molecule has 0 aromatic rings. The summed E-state index contributed by atoms with van der Waals surface area (Å²) >= 11 is 0. The smallest absolute Gasteiger partial charge is 0.307 e. The van der Waals surface area contributed by atoms with Crippen molar-refractivity contribution in [2.24, 2.45) is 0 Å². The molecule has 1 fully saturated rings. The van der Waals surface area contributed by atoms with Crippen LogP contribution in [0, 0.1) is 0 Å². The lowest BCUT2D eigenvalue weighted by molar-refractivity contribution is -0.141. The maximum absolute atomic E-state index is 10.4. The molecule has 0 N–H and O–H groups in total. The molecule has 0 spiro atoms. The predicted octanol–water partition coefficient (Wildman–Crippen LogP) is 1.69. The van der Waals surface area contributed by atoms with E-state index in [-0.39, 0.29) is 5.97 Å². The van der Waals surface area contributed by atoms with E-state index in [9.17, 15) is 4.79 Å². The van der Waals surface area contributed by atoms with Crippen molar-refractivity contribution >= 4 is 5.97 Å². The lowest BCUT2D eigenvalue weighted by Crippen LogP contribution is -2.17. The van der Waals surface area contributed by atoms with Crippen LogP contribution in [0.15, 0.2) is 0 Å². The van der Waals surface area contributed by atoms with Gasteiger partial charge in [-0.3, -0.25) is 4.79 Å². The number of methoxy groups -OCH3 is 1. The minimum absolute atomic E-state index is 0.219. The van der Waals surface area contributed by atoms with Crippen molar-refractivity contribution in [3.63, 3.8) is 0 Å². The van der Waals surface area contributed by atoms with Gasteiger partial charge in [0.25, 0.3) is 0 Å². The third kappa shape index (κ3) is 8.68. The highest BCUT2D eigenvalue weighted by Crippen LogP contribution is 2.04. The summed E-state index contributed by atoms with van der Waals surface area (Å²) in [5.41, 5.74) is 0. The first-order valence-corrected chi connectivity index (χ1v) is 6.11. The number of esters is 1. The van der Waals surface area contributed by atoms with Crippen LogP contribution in [-0.2, 0) is 14.3 Å². The highest BCUT2D eigenvalue weighted by atomic mass is 16.5. The predicted molar refractivity (Wildman–Crippen MR) is 64.5 cm³/mol. The maximum Gasteiger partial charge on any atom is 0.307 e. The Bertz CT molecular complexity index is 168. The molecule has 0 atom stereocenters. The van der Waals surface area contributed by atoms with Crippen LogP contribution in [-0.4, -0.2) is 50.8 Å². The molecule has 0 aromatic carbocycles. The van der Waals surface area contributed by atoms with Gasteiger partial charge in [-0.15, -0.1) is 0 Å². The summed E-state index contributed by atoms with van der Waals surface area (Å²) < 4.78 is 9.28. The molecule has 1 aliphatic rings. The standard InChI is InChI=1S/C6H13N.C6H12O3/c1-2-7-5-3-4-6-7;1-3-9-5-4-6(7)8-2/h2-6H2,1H3;3-5H2,1-2H3. The molecule has 0 radical (unpaired) electrons. The van der Waals surface area contributed by atoms with Gasteiger partial charge < -0.3 is 14.4 Å². The van der Waals surface area contributed by atoms with Crippen molar-refractivity contribution in [3.05, 3.63) is 0 Å². The van der Waals surface area contributed by atoms with Gasteiger partial charge in [-0.05, 0) is 39.4 Å². The van der Waals surface area contributed by atoms with E-state index in [1.165, 1.54) is 39.6 Å². The highest BCUT2D eigenvalue weighted by molar-refractivity contribution is 5.69. The normalized spacial score (nSPS) is 15.4. The zero-order valence-electron chi connectivity index (χ0n) is 10.8.